The first kappa shape index (κ1) is 77.4. The summed E-state index contributed by atoms with van der Waals surface area (Å²) in [6.45, 7) is 6.59. The molecule has 0 fully saturated rings. The highest BCUT2D eigenvalue weighted by atomic mass is 16.6. The molecule has 0 aromatic carbocycles. The molecule has 1 atom stereocenters. The Morgan fingerprint density at radius 1 is 0.263 bits per heavy atom. The van der Waals surface area contributed by atoms with Gasteiger partial charge in [-0.15, -0.1) is 0 Å². The van der Waals surface area contributed by atoms with Crippen LogP contribution in [-0.4, -0.2) is 37.2 Å². The van der Waals surface area contributed by atoms with Gasteiger partial charge in [0.25, 0.3) is 0 Å². The number of allylic oxidation sites excluding steroid dienone is 8. The van der Waals surface area contributed by atoms with Crippen LogP contribution in [-0.2, 0) is 28.6 Å². The van der Waals surface area contributed by atoms with Crippen LogP contribution in [0.4, 0.5) is 0 Å². The lowest BCUT2D eigenvalue weighted by Gasteiger charge is -2.18. The van der Waals surface area contributed by atoms with Gasteiger partial charge < -0.3 is 14.2 Å². The van der Waals surface area contributed by atoms with E-state index in [2.05, 4.69) is 69.4 Å². The Bertz CT molecular complexity index is 1380. The van der Waals surface area contributed by atoms with Crippen LogP contribution < -0.4 is 0 Å². The molecule has 0 aliphatic heterocycles. The molecule has 0 aliphatic carbocycles. The van der Waals surface area contributed by atoms with Crippen molar-refractivity contribution in [3.05, 3.63) is 48.6 Å². The quantitative estimate of drug-likeness (QED) is 0.0261. The molecule has 0 N–H and O–H groups in total. The molecule has 0 rings (SSSR count). The van der Waals surface area contributed by atoms with Gasteiger partial charge in [0.05, 0.1) is 0 Å². The van der Waals surface area contributed by atoms with E-state index in [-0.39, 0.29) is 31.1 Å². The summed E-state index contributed by atoms with van der Waals surface area (Å²) in [4.78, 5) is 38.4. The average Bonchev–Trinajstić information content (AvgIpc) is 3.46. The zero-order valence-corrected chi connectivity index (χ0v) is 53.9. The summed E-state index contributed by atoms with van der Waals surface area (Å²) in [6, 6.07) is 0. The number of esters is 3. The number of carbonyl (C=O) groups is 3. The Hall–Kier alpha value is -2.63. The number of hydrogen-bond acceptors (Lipinski definition) is 6. The maximum atomic E-state index is 12.9. The molecular formula is C74H136O6. The number of rotatable bonds is 66. The molecule has 0 aliphatic rings. The minimum atomic E-state index is -0.779. The summed E-state index contributed by atoms with van der Waals surface area (Å²) in [7, 11) is 0. The minimum absolute atomic E-state index is 0.0737. The van der Waals surface area contributed by atoms with Gasteiger partial charge in [0.1, 0.15) is 13.2 Å². The van der Waals surface area contributed by atoms with Gasteiger partial charge in [0, 0.05) is 19.3 Å². The van der Waals surface area contributed by atoms with Gasteiger partial charge in [-0.25, -0.2) is 0 Å². The number of unbranched alkanes of at least 4 members (excludes halogenated alkanes) is 47. The Morgan fingerprint density at radius 2 is 0.487 bits per heavy atom. The predicted molar refractivity (Wildman–Crippen MR) is 349 cm³/mol. The van der Waals surface area contributed by atoms with Gasteiger partial charge in [-0.3, -0.25) is 14.4 Å². The summed E-state index contributed by atoms with van der Waals surface area (Å²) in [5, 5.41) is 0. The van der Waals surface area contributed by atoms with Gasteiger partial charge in [0.2, 0.25) is 0 Å². The highest BCUT2D eigenvalue weighted by Gasteiger charge is 2.19. The largest absolute Gasteiger partial charge is 0.462 e. The van der Waals surface area contributed by atoms with E-state index in [1.165, 1.54) is 250 Å². The molecule has 0 spiro atoms. The third-order valence-electron chi connectivity index (χ3n) is 16.1. The monoisotopic (exact) mass is 1120 g/mol. The van der Waals surface area contributed by atoms with Crippen LogP contribution in [0.3, 0.4) is 0 Å². The van der Waals surface area contributed by atoms with Crippen molar-refractivity contribution in [3.63, 3.8) is 0 Å². The van der Waals surface area contributed by atoms with E-state index in [1.807, 2.05) is 0 Å². The SMILES string of the molecule is CC/C=C\C/C=C\C/C=C\CCCCCCCC(=O)OCC(COC(=O)CCCCCCCCCCCCCCCCCCC/C=C\CCCCCCCCCC)OC(=O)CCCCCCCCCCCCCCCCCCCC. The van der Waals surface area contributed by atoms with Crippen molar-refractivity contribution >= 4 is 17.9 Å². The Balaban J connectivity index is 4.21. The molecule has 6 heteroatoms. The van der Waals surface area contributed by atoms with Crippen molar-refractivity contribution in [1.82, 2.24) is 0 Å². The highest BCUT2D eigenvalue weighted by Crippen LogP contribution is 2.18. The van der Waals surface area contributed by atoms with Crippen LogP contribution in [0.25, 0.3) is 0 Å². The lowest BCUT2D eigenvalue weighted by Crippen LogP contribution is -2.30. The molecule has 0 amide bonds. The van der Waals surface area contributed by atoms with Gasteiger partial charge in [-0.05, 0) is 77.0 Å². The van der Waals surface area contributed by atoms with E-state index in [9.17, 15) is 14.4 Å². The first-order valence-corrected chi connectivity index (χ1v) is 35.6. The first-order chi connectivity index (χ1) is 39.5. The number of carbonyl (C=O) groups excluding carboxylic acids is 3. The molecule has 1 unspecified atom stereocenters. The Labute approximate surface area is 498 Å². The molecule has 468 valence electrons. The number of ether oxygens (including phenoxy) is 3. The van der Waals surface area contributed by atoms with Crippen molar-refractivity contribution in [1.29, 1.82) is 0 Å². The van der Waals surface area contributed by atoms with Crippen LogP contribution in [0.15, 0.2) is 48.6 Å². The van der Waals surface area contributed by atoms with E-state index >= 15 is 0 Å². The zero-order valence-electron chi connectivity index (χ0n) is 53.9. The fraction of sp³-hybridized carbons (Fsp3) is 0.851. The zero-order chi connectivity index (χ0) is 57.8. The van der Waals surface area contributed by atoms with Gasteiger partial charge in [0.15, 0.2) is 6.10 Å². The van der Waals surface area contributed by atoms with Crippen molar-refractivity contribution in [2.45, 2.75) is 393 Å². The van der Waals surface area contributed by atoms with Gasteiger partial charge in [-0.2, -0.15) is 0 Å². The molecule has 0 radical (unpaired) electrons. The second kappa shape index (κ2) is 68.9. The molecule has 6 nitrogen and oxygen atoms in total. The minimum Gasteiger partial charge on any atom is -0.462 e. The second-order valence-corrected chi connectivity index (χ2v) is 24.1. The van der Waals surface area contributed by atoms with Crippen LogP contribution >= 0.6 is 0 Å². The van der Waals surface area contributed by atoms with E-state index in [1.54, 1.807) is 0 Å². The van der Waals surface area contributed by atoms with Crippen molar-refractivity contribution in [2.75, 3.05) is 13.2 Å². The third kappa shape index (κ3) is 66.2. The maximum Gasteiger partial charge on any atom is 0.306 e. The van der Waals surface area contributed by atoms with Crippen LogP contribution in [0.2, 0.25) is 0 Å². The van der Waals surface area contributed by atoms with E-state index < -0.39 is 6.10 Å². The molecule has 0 heterocycles. The van der Waals surface area contributed by atoms with Crippen molar-refractivity contribution in [3.8, 4) is 0 Å². The third-order valence-corrected chi connectivity index (χ3v) is 16.1. The molecule has 0 saturated carbocycles. The molecule has 0 aromatic heterocycles. The molecular weight excluding hydrogens is 985 g/mol. The second-order valence-electron chi connectivity index (χ2n) is 24.1. The molecule has 0 saturated heterocycles. The number of hydrogen-bond donors (Lipinski definition) is 0. The lowest BCUT2D eigenvalue weighted by molar-refractivity contribution is -0.167. The summed E-state index contributed by atoms with van der Waals surface area (Å²) < 4.78 is 17.0. The van der Waals surface area contributed by atoms with Crippen molar-refractivity contribution < 1.29 is 28.6 Å². The highest BCUT2D eigenvalue weighted by molar-refractivity contribution is 5.71. The van der Waals surface area contributed by atoms with Gasteiger partial charge >= 0.3 is 17.9 Å². The van der Waals surface area contributed by atoms with E-state index in [0.29, 0.717) is 19.3 Å². The molecule has 0 bridgehead atoms. The topological polar surface area (TPSA) is 78.9 Å². The summed E-state index contributed by atoms with van der Waals surface area (Å²) >= 11 is 0. The van der Waals surface area contributed by atoms with Crippen LogP contribution in [0.5, 0.6) is 0 Å². The molecule has 80 heavy (non-hydrogen) atoms. The van der Waals surface area contributed by atoms with Gasteiger partial charge in [-0.1, -0.05) is 339 Å². The summed E-state index contributed by atoms with van der Waals surface area (Å²) in [6.07, 6.45) is 87.2. The van der Waals surface area contributed by atoms with Crippen LogP contribution in [0, 0.1) is 0 Å². The van der Waals surface area contributed by atoms with E-state index in [0.717, 1.165) is 96.3 Å². The summed E-state index contributed by atoms with van der Waals surface area (Å²) in [5.41, 5.74) is 0. The maximum absolute atomic E-state index is 12.9. The van der Waals surface area contributed by atoms with Crippen molar-refractivity contribution in [2.24, 2.45) is 0 Å². The predicted octanol–water partition coefficient (Wildman–Crippen LogP) is 24.5. The normalized spacial score (nSPS) is 12.3. The first-order valence-electron chi connectivity index (χ1n) is 35.6. The fourth-order valence-electron chi connectivity index (χ4n) is 10.8. The Morgan fingerprint density at radius 3 is 0.775 bits per heavy atom. The molecule has 0 aromatic rings. The standard InChI is InChI=1S/C74H136O6/c1-4-7-10-13-16-19-22-25-28-30-32-33-34-35-36-37-38-39-40-41-42-44-46-49-52-55-58-61-64-67-73(76)79-70-71(69-78-72(75)66-63-60-57-54-51-48-45-27-24-21-18-15-12-9-6-3)80-74(77)68-65-62-59-56-53-50-47-43-31-29-26-23-20-17-14-11-8-5-2/h9,12,18,21,27,30,32,45,71H,4-8,10-11,13-17,19-20,22-26,28-29,31,33-44,46-70H2,1-3H3/b12-9-,21-18-,32-30-,45-27-. The average molecular weight is 1120 g/mol. The van der Waals surface area contributed by atoms with Crippen LogP contribution in [0.1, 0.15) is 387 Å². The smallest absolute Gasteiger partial charge is 0.306 e. The fourth-order valence-corrected chi connectivity index (χ4v) is 10.8. The lowest BCUT2D eigenvalue weighted by atomic mass is 10.0. The summed E-state index contributed by atoms with van der Waals surface area (Å²) in [5.74, 6) is -0.864. The van der Waals surface area contributed by atoms with E-state index in [4.69, 9.17) is 14.2 Å². The Kier molecular flexibility index (Phi) is 66.6.